The first kappa shape index (κ1) is 19.0. The summed E-state index contributed by atoms with van der Waals surface area (Å²) in [6, 6.07) is 12.3. The summed E-state index contributed by atoms with van der Waals surface area (Å²) in [5, 5.41) is 8.22. The van der Waals surface area contributed by atoms with Crippen LogP contribution in [0.15, 0.2) is 53.6 Å². The zero-order valence-corrected chi connectivity index (χ0v) is 16.8. The van der Waals surface area contributed by atoms with Crippen molar-refractivity contribution in [1.29, 1.82) is 0 Å². The third kappa shape index (κ3) is 4.56. The molecule has 3 N–H and O–H groups in total. The van der Waals surface area contributed by atoms with Crippen LogP contribution in [0, 0.1) is 0 Å². The minimum Gasteiger partial charge on any atom is -0.324 e. The van der Waals surface area contributed by atoms with Crippen LogP contribution in [0.4, 0.5) is 11.6 Å². The fourth-order valence-corrected chi connectivity index (χ4v) is 4.71. The average Bonchev–Trinajstić information content (AvgIpc) is 3.34. The Morgan fingerprint density at radius 2 is 1.82 bits per heavy atom. The molecule has 0 saturated carbocycles. The van der Waals surface area contributed by atoms with Crippen molar-refractivity contribution in [2.45, 2.75) is 24.3 Å². The van der Waals surface area contributed by atoms with E-state index in [0.29, 0.717) is 11.6 Å². The third-order valence-electron chi connectivity index (χ3n) is 4.59. The smallest absolute Gasteiger partial charge is 0.238 e. The molecule has 1 aliphatic heterocycles. The van der Waals surface area contributed by atoms with E-state index in [2.05, 4.69) is 32.3 Å². The van der Waals surface area contributed by atoms with Gasteiger partial charge in [-0.1, -0.05) is 0 Å². The minimum atomic E-state index is -3.70. The number of benzene rings is 1. The van der Waals surface area contributed by atoms with Gasteiger partial charge in [0.1, 0.15) is 0 Å². The summed E-state index contributed by atoms with van der Waals surface area (Å²) in [6.45, 7) is 3.36. The highest BCUT2D eigenvalue weighted by molar-refractivity contribution is 7.89. The monoisotopic (exact) mass is 415 g/mol. The maximum absolute atomic E-state index is 11.3. The van der Waals surface area contributed by atoms with Crippen molar-refractivity contribution in [1.82, 2.24) is 14.9 Å². The van der Waals surface area contributed by atoms with Gasteiger partial charge >= 0.3 is 0 Å². The Balaban J connectivity index is 1.48. The molecular weight excluding hydrogens is 394 g/mol. The van der Waals surface area contributed by atoms with Crippen molar-refractivity contribution in [2.24, 2.45) is 5.14 Å². The number of rotatable bonds is 6. The van der Waals surface area contributed by atoms with Gasteiger partial charge in [0.05, 0.1) is 15.5 Å². The van der Waals surface area contributed by atoms with Crippen molar-refractivity contribution in [3.63, 3.8) is 0 Å². The number of nitrogens with one attached hydrogen (secondary N) is 1. The van der Waals surface area contributed by atoms with Gasteiger partial charge in [-0.05, 0) is 68.4 Å². The second kappa shape index (κ2) is 7.96. The predicted molar refractivity (Wildman–Crippen MR) is 111 cm³/mol. The molecule has 2 aromatic heterocycles. The van der Waals surface area contributed by atoms with E-state index in [-0.39, 0.29) is 4.90 Å². The van der Waals surface area contributed by atoms with Gasteiger partial charge in [-0.2, -0.15) is 0 Å². The molecular formula is C19H21N5O2S2. The molecule has 1 fully saturated rings. The van der Waals surface area contributed by atoms with E-state index >= 15 is 0 Å². The molecule has 146 valence electrons. The molecule has 3 heterocycles. The SMILES string of the molecule is NS(=O)(=O)c1ccc(Nc2nccc(-c3ccc(CN4CCCC4)s3)n2)cc1. The number of hydrogen-bond acceptors (Lipinski definition) is 7. The van der Waals surface area contributed by atoms with Crippen LogP contribution >= 0.6 is 11.3 Å². The number of nitrogens with zero attached hydrogens (tertiary/aromatic N) is 3. The van der Waals surface area contributed by atoms with Gasteiger partial charge in [0.25, 0.3) is 0 Å². The topological polar surface area (TPSA) is 101 Å². The molecule has 4 rings (SSSR count). The van der Waals surface area contributed by atoms with Gasteiger partial charge < -0.3 is 5.32 Å². The molecule has 0 radical (unpaired) electrons. The quantitative estimate of drug-likeness (QED) is 0.641. The fourth-order valence-electron chi connectivity index (χ4n) is 3.17. The summed E-state index contributed by atoms with van der Waals surface area (Å²) in [7, 11) is -3.70. The van der Waals surface area contributed by atoms with Crippen LogP contribution in [-0.4, -0.2) is 36.4 Å². The molecule has 0 aliphatic carbocycles. The van der Waals surface area contributed by atoms with Gasteiger partial charge in [-0.25, -0.2) is 23.5 Å². The Labute approximate surface area is 168 Å². The standard InChI is InChI=1S/C19H21N5O2S2/c20-28(25,26)16-6-3-14(4-7-16)22-19-21-10-9-17(23-19)18-8-5-15(27-18)13-24-11-1-2-12-24/h3-10H,1-2,11-13H2,(H2,20,25,26)(H,21,22,23). The third-order valence-corrected chi connectivity index (χ3v) is 6.61. The summed E-state index contributed by atoms with van der Waals surface area (Å²) in [4.78, 5) is 13.8. The minimum absolute atomic E-state index is 0.0665. The lowest BCUT2D eigenvalue weighted by Crippen LogP contribution is -2.17. The average molecular weight is 416 g/mol. The summed E-state index contributed by atoms with van der Waals surface area (Å²) >= 11 is 1.75. The molecule has 9 heteroatoms. The lowest BCUT2D eigenvalue weighted by Gasteiger charge is -2.12. The van der Waals surface area contributed by atoms with Gasteiger partial charge in [0.2, 0.25) is 16.0 Å². The highest BCUT2D eigenvalue weighted by Gasteiger charge is 2.14. The van der Waals surface area contributed by atoms with Gasteiger partial charge in [-0.15, -0.1) is 11.3 Å². The second-order valence-electron chi connectivity index (χ2n) is 6.71. The van der Waals surface area contributed by atoms with Crippen LogP contribution in [-0.2, 0) is 16.6 Å². The van der Waals surface area contributed by atoms with Gasteiger partial charge in [-0.3, -0.25) is 4.90 Å². The molecule has 1 saturated heterocycles. The number of primary sulfonamides is 1. The Morgan fingerprint density at radius 1 is 1.07 bits per heavy atom. The first-order chi connectivity index (χ1) is 13.5. The van der Waals surface area contributed by atoms with Gasteiger partial charge in [0.15, 0.2) is 0 Å². The predicted octanol–water partition coefficient (Wildman–Crippen LogP) is 3.19. The van der Waals surface area contributed by atoms with E-state index in [1.54, 1.807) is 29.7 Å². The molecule has 28 heavy (non-hydrogen) atoms. The first-order valence-corrected chi connectivity index (χ1v) is 11.4. The molecule has 0 bridgehead atoms. The number of nitrogens with two attached hydrogens (primary N) is 1. The zero-order chi connectivity index (χ0) is 19.6. The summed E-state index contributed by atoms with van der Waals surface area (Å²) in [6.07, 6.45) is 4.29. The Morgan fingerprint density at radius 3 is 2.54 bits per heavy atom. The second-order valence-corrected chi connectivity index (χ2v) is 9.44. The molecule has 0 atom stereocenters. The largest absolute Gasteiger partial charge is 0.324 e. The van der Waals surface area contributed by atoms with E-state index in [9.17, 15) is 8.42 Å². The molecule has 0 spiro atoms. The maximum atomic E-state index is 11.3. The number of likely N-dealkylation sites (tertiary alicyclic amines) is 1. The summed E-state index contributed by atoms with van der Waals surface area (Å²) < 4.78 is 22.7. The molecule has 1 aromatic carbocycles. The van der Waals surface area contributed by atoms with Crippen LogP contribution in [0.3, 0.4) is 0 Å². The number of thiophene rings is 1. The van der Waals surface area contributed by atoms with Crippen LogP contribution in [0.25, 0.3) is 10.6 Å². The molecule has 0 amide bonds. The number of anilines is 2. The van der Waals surface area contributed by atoms with Crippen LogP contribution in [0.1, 0.15) is 17.7 Å². The lowest BCUT2D eigenvalue weighted by atomic mass is 10.3. The first-order valence-electron chi connectivity index (χ1n) is 9.02. The Kier molecular flexibility index (Phi) is 5.40. The number of hydrogen-bond donors (Lipinski definition) is 2. The summed E-state index contributed by atoms with van der Waals surface area (Å²) in [5.74, 6) is 0.454. The maximum Gasteiger partial charge on any atom is 0.238 e. The fraction of sp³-hybridized carbons (Fsp3) is 0.263. The van der Waals surface area contributed by atoms with Crippen LogP contribution < -0.4 is 10.5 Å². The highest BCUT2D eigenvalue weighted by atomic mass is 32.2. The summed E-state index contributed by atoms with van der Waals surface area (Å²) in [5.41, 5.74) is 1.54. The lowest BCUT2D eigenvalue weighted by molar-refractivity contribution is 0.334. The molecule has 3 aromatic rings. The number of sulfonamides is 1. The van der Waals surface area contributed by atoms with Crippen molar-refractivity contribution in [2.75, 3.05) is 18.4 Å². The van der Waals surface area contributed by atoms with Crippen molar-refractivity contribution in [3.05, 3.63) is 53.5 Å². The molecule has 0 unspecified atom stereocenters. The Bertz CT molecular complexity index is 1060. The van der Waals surface area contributed by atoms with E-state index in [1.807, 2.05) is 6.07 Å². The van der Waals surface area contributed by atoms with E-state index in [0.717, 1.165) is 17.1 Å². The highest BCUT2D eigenvalue weighted by Crippen LogP contribution is 2.29. The zero-order valence-electron chi connectivity index (χ0n) is 15.2. The van der Waals surface area contributed by atoms with Crippen molar-refractivity contribution in [3.8, 4) is 10.6 Å². The Hall–Kier alpha value is -2.33. The van der Waals surface area contributed by atoms with Gasteiger partial charge in [0, 0.05) is 23.3 Å². The van der Waals surface area contributed by atoms with Crippen LogP contribution in [0.2, 0.25) is 0 Å². The van der Waals surface area contributed by atoms with E-state index < -0.39 is 10.0 Å². The van der Waals surface area contributed by atoms with Crippen molar-refractivity contribution < 1.29 is 8.42 Å². The van der Waals surface area contributed by atoms with Crippen LogP contribution in [0.5, 0.6) is 0 Å². The van der Waals surface area contributed by atoms with E-state index in [4.69, 9.17) is 5.14 Å². The van der Waals surface area contributed by atoms with E-state index in [1.165, 1.54) is 42.9 Å². The molecule has 7 nitrogen and oxygen atoms in total. The van der Waals surface area contributed by atoms with Crippen molar-refractivity contribution >= 4 is 33.0 Å². The number of aromatic nitrogens is 2. The normalized spacial score (nSPS) is 15.0. The molecule has 1 aliphatic rings.